The second-order valence-electron chi connectivity index (χ2n) is 7.80. The van der Waals surface area contributed by atoms with Gasteiger partial charge in [0.2, 0.25) is 0 Å². The number of carbonyl (C=O) groups is 4. The van der Waals surface area contributed by atoms with Crippen LogP contribution in [0.2, 0.25) is 0 Å². The Morgan fingerprint density at radius 1 is 1.17 bits per heavy atom. The molecule has 1 aromatic carbocycles. The quantitative estimate of drug-likeness (QED) is 0.535. The zero-order valence-corrected chi connectivity index (χ0v) is 16.8. The van der Waals surface area contributed by atoms with E-state index in [1.165, 1.54) is 6.92 Å². The van der Waals surface area contributed by atoms with Gasteiger partial charge < -0.3 is 15.4 Å². The van der Waals surface area contributed by atoms with Crippen LogP contribution >= 0.6 is 0 Å². The van der Waals surface area contributed by atoms with Crippen LogP contribution in [-0.4, -0.2) is 53.4 Å². The molecule has 0 aromatic heterocycles. The average molecular weight is 401 g/mol. The standard InChI is InChI=1S/C21H27N3O5/c1-14(16-8-4-3-5-9-16)12-22-18(26)15(2)29-17(25)13-24-19(27)21(23-20(24)28)10-6-7-11-21/h3-5,8-9,14-15H,6-7,10-13H2,1-2H3,(H,22,26)(H,23,28)/t14-,15-/m0/s1. The Morgan fingerprint density at radius 3 is 2.48 bits per heavy atom. The van der Waals surface area contributed by atoms with Gasteiger partial charge in [-0.25, -0.2) is 4.79 Å². The van der Waals surface area contributed by atoms with E-state index in [1.54, 1.807) is 0 Å². The molecule has 29 heavy (non-hydrogen) atoms. The molecule has 156 valence electrons. The maximum Gasteiger partial charge on any atom is 0.327 e. The largest absolute Gasteiger partial charge is 0.451 e. The lowest BCUT2D eigenvalue weighted by Gasteiger charge is -2.20. The summed E-state index contributed by atoms with van der Waals surface area (Å²) >= 11 is 0. The lowest BCUT2D eigenvalue weighted by Crippen LogP contribution is -2.45. The van der Waals surface area contributed by atoms with Crippen LogP contribution in [0.5, 0.6) is 0 Å². The first kappa shape index (κ1) is 20.8. The highest BCUT2D eigenvalue weighted by atomic mass is 16.5. The van der Waals surface area contributed by atoms with Crippen molar-refractivity contribution < 1.29 is 23.9 Å². The number of hydrogen-bond donors (Lipinski definition) is 2. The van der Waals surface area contributed by atoms with Gasteiger partial charge >= 0.3 is 12.0 Å². The number of benzene rings is 1. The lowest BCUT2D eigenvalue weighted by atomic mass is 9.98. The molecule has 1 aromatic rings. The smallest absolute Gasteiger partial charge is 0.327 e. The molecule has 8 heteroatoms. The van der Waals surface area contributed by atoms with Gasteiger partial charge in [-0.2, -0.15) is 0 Å². The number of ether oxygens (including phenoxy) is 1. The van der Waals surface area contributed by atoms with Crippen molar-refractivity contribution in [1.29, 1.82) is 0 Å². The fourth-order valence-electron chi connectivity index (χ4n) is 3.85. The topological polar surface area (TPSA) is 105 Å². The Morgan fingerprint density at radius 2 is 1.83 bits per heavy atom. The van der Waals surface area contributed by atoms with Crippen LogP contribution in [0.1, 0.15) is 51.0 Å². The summed E-state index contributed by atoms with van der Waals surface area (Å²) in [6.45, 7) is 3.36. The van der Waals surface area contributed by atoms with Gasteiger partial charge in [-0.1, -0.05) is 50.1 Å². The van der Waals surface area contributed by atoms with Crippen LogP contribution in [0.25, 0.3) is 0 Å². The van der Waals surface area contributed by atoms with Crippen molar-refractivity contribution in [3.05, 3.63) is 35.9 Å². The van der Waals surface area contributed by atoms with Gasteiger partial charge in [-0.05, 0) is 31.2 Å². The van der Waals surface area contributed by atoms with Crippen molar-refractivity contribution in [1.82, 2.24) is 15.5 Å². The zero-order valence-electron chi connectivity index (χ0n) is 16.8. The molecule has 2 N–H and O–H groups in total. The molecule has 0 radical (unpaired) electrons. The number of imide groups is 1. The van der Waals surface area contributed by atoms with Crippen LogP contribution in [0.4, 0.5) is 4.79 Å². The fourth-order valence-corrected chi connectivity index (χ4v) is 3.85. The van der Waals surface area contributed by atoms with Crippen molar-refractivity contribution in [2.75, 3.05) is 13.1 Å². The van der Waals surface area contributed by atoms with Gasteiger partial charge in [0.05, 0.1) is 0 Å². The molecular weight excluding hydrogens is 374 g/mol. The predicted octanol–water partition coefficient (Wildman–Crippen LogP) is 1.70. The minimum Gasteiger partial charge on any atom is -0.451 e. The molecule has 1 saturated carbocycles. The molecule has 2 atom stereocenters. The minimum absolute atomic E-state index is 0.108. The number of carbonyl (C=O) groups excluding carboxylic acids is 4. The van der Waals surface area contributed by atoms with Crippen LogP contribution in [0.15, 0.2) is 30.3 Å². The molecule has 0 bridgehead atoms. The summed E-state index contributed by atoms with van der Waals surface area (Å²) in [4.78, 5) is 50.0. The van der Waals surface area contributed by atoms with Crippen molar-refractivity contribution in [3.63, 3.8) is 0 Å². The predicted molar refractivity (Wildman–Crippen MR) is 105 cm³/mol. The second kappa shape index (κ2) is 8.63. The van der Waals surface area contributed by atoms with E-state index in [0.29, 0.717) is 19.4 Å². The third-order valence-corrected chi connectivity index (χ3v) is 5.62. The summed E-state index contributed by atoms with van der Waals surface area (Å²) in [5.74, 6) is -1.49. The Balaban J connectivity index is 1.47. The number of nitrogens with zero attached hydrogens (tertiary/aromatic N) is 1. The minimum atomic E-state index is -1.02. The molecule has 1 saturated heterocycles. The van der Waals surface area contributed by atoms with Crippen molar-refractivity contribution >= 4 is 23.8 Å². The summed E-state index contributed by atoms with van der Waals surface area (Å²) in [5, 5.41) is 5.47. The first-order valence-electron chi connectivity index (χ1n) is 9.98. The molecule has 2 aliphatic rings. The highest BCUT2D eigenvalue weighted by Crippen LogP contribution is 2.34. The number of rotatable bonds is 7. The third kappa shape index (κ3) is 4.58. The number of urea groups is 1. The molecule has 1 spiro atoms. The van der Waals surface area contributed by atoms with Crippen LogP contribution in [-0.2, 0) is 19.1 Å². The Kier molecular flexibility index (Phi) is 6.20. The van der Waals surface area contributed by atoms with Gasteiger partial charge in [-0.15, -0.1) is 0 Å². The summed E-state index contributed by atoms with van der Waals surface area (Å²) in [6, 6.07) is 9.18. The van der Waals surface area contributed by atoms with Crippen LogP contribution in [0, 0.1) is 0 Å². The first-order valence-corrected chi connectivity index (χ1v) is 9.98. The molecule has 1 aliphatic heterocycles. The van der Waals surface area contributed by atoms with Gasteiger partial charge in [0.15, 0.2) is 6.10 Å². The first-order chi connectivity index (χ1) is 13.8. The molecule has 2 fully saturated rings. The van der Waals surface area contributed by atoms with Gasteiger partial charge in [0, 0.05) is 6.54 Å². The second-order valence-corrected chi connectivity index (χ2v) is 7.80. The molecule has 1 heterocycles. The van der Waals surface area contributed by atoms with Crippen LogP contribution in [0.3, 0.4) is 0 Å². The third-order valence-electron chi connectivity index (χ3n) is 5.62. The Bertz CT molecular complexity index is 789. The Labute approximate surface area is 170 Å². The van der Waals surface area contributed by atoms with E-state index >= 15 is 0 Å². The van der Waals surface area contributed by atoms with Gasteiger partial charge in [-0.3, -0.25) is 19.3 Å². The average Bonchev–Trinajstić information content (AvgIpc) is 3.27. The lowest BCUT2D eigenvalue weighted by molar-refractivity contribution is -0.156. The van der Waals surface area contributed by atoms with E-state index in [-0.39, 0.29) is 11.8 Å². The van der Waals surface area contributed by atoms with Gasteiger partial charge in [0.1, 0.15) is 12.1 Å². The number of hydrogen-bond acceptors (Lipinski definition) is 5. The molecule has 8 nitrogen and oxygen atoms in total. The van der Waals surface area contributed by atoms with E-state index in [4.69, 9.17) is 4.74 Å². The van der Waals surface area contributed by atoms with Crippen molar-refractivity contribution in [2.24, 2.45) is 0 Å². The monoisotopic (exact) mass is 401 g/mol. The van der Waals surface area contributed by atoms with E-state index in [2.05, 4.69) is 10.6 Å². The summed E-state index contributed by atoms with van der Waals surface area (Å²) in [7, 11) is 0. The van der Waals surface area contributed by atoms with Gasteiger partial charge in [0.25, 0.3) is 11.8 Å². The number of amides is 4. The SMILES string of the molecule is C[C@H](OC(=O)CN1C(=O)NC2(CCCC2)C1=O)C(=O)NC[C@H](C)c1ccccc1. The molecule has 1 aliphatic carbocycles. The summed E-state index contributed by atoms with van der Waals surface area (Å²) < 4.78 is 5.13. The highest BCUT2D eigenvalue weighted by molar-refractivity contribution is 6.08. The van der Waals surface area contributed by atoms with Crippen molar-refractivity contribution in [2.45, 2.75) is 57.1 Å². The molecule has 3 rings (SSSR count). The number of esters is 1. The molecule has 0 unspecified atom stereocenters. The normalized spacial score (nSPS) is 19.7. The zero-order chi connectivity index (χ0) is 21.0. The van der Waals surface area contributed by atoms with E-state index in [1.807, 2.05) is 37.3 Å². The van der Waals surface area contributed by atoms with E-state index in [0.717, 1.165) is 23.3 Å². The van der Waals surface area contributed by atoms with Crippen LogP contribution < -0.4 is 10.6 Å². The molecule has 4 amide bonds. The maximum absolute atomic E-state index is 12.6. The Hall–Kier alpha value is -2.90. The highest BCUT2D eigenvalue weighted by Gasteiger charge is 2.52. The van der Waals surface area contributed by atoms with E-state index < -0.39 is 36.1 Å². The fraction of sp³-hybridized carbons (Fsp3) is 0.524. The van der Waals surface area contributed by atoms with Crippen molar-refractivity contribution in [3.8, 4) is 0 Å². The molecular formula is C21H27N3O5. The number of nitrogens with one attached hydrogen (secondary N) is 2. The van der Waals surface area contributed by atoms with E-state index in [9.17, 15) is 19.2 Å². The summed E-state index contributed by atoms with van der Waals surface area (Å²) in [5.41, 5.74) is 0.227. The summed E-state index contributed by atoms with van der Waals surface area (Å²) in [6.07, 6.45) is 1.88. The maximum atomic E-state index is 12.6.